The van der Waals surface area contributed by atoms with Gasteiger partial charge in [-0.15, -0.1) is 11.3 Å². The van der Waals surface area contributed by atoms with Gasteiger partial charge in [-0.3, -0.25) is 0 Å². The third-order valence-electron chi connectivity index (χ3n) is 3.08. The molecule has 0 unspecified atom stereocenters. The average Bonchev–Trinajstić information content (AvgIpc) is 2.99. The Labute approximate surface area is 129 Å². The maximum atomic E-state index is 11.0. The monoisotopic (exact) mass is 319 g/mol. The van der Waals surface area contributed by atoms with E-state index in [1.807, 2.05) is 25.1 Å². The van der Waals surface area contributed by atoms with E-state index in [-0.39, 0.29) is 0 Å². The third-order valence-corrected chi connectivity index (χ3v) is 5.08. The molecule has 3 rings (SSSR count). The molecule has 0 amide bonds. The molecule has 1 aromatic carbocycles. The number of hydrogen-bond acceptors (Lipinski definition) is 5. The maximum Gasteiger partial charge on any atom is 0.345 e. The smallest absolute Gasteiger partial charge is 0.345 e. The van der Waals surface area contributed by atoms with E-state index in [2.05, 4.69) is 9.97 Å². The number of hydrogen-bond donors (Lipinski definition) is 3. The van der Waals surface area contributed by atoms with Gasteiger partial charge in [0, 0.05) is 16.3 Å². The van der Waals surface area contributed by atoms with Crippen LogP contribution >= 0.6 is 23.1 Å². The second kappa shape index (κ2) is 5.42. The fourth-order valence-electron chi connectivity index (χ4n) is 1.99. The number of carbonyl (C=O) groups is 1. The summed E-state index contributed by atoms with van der Waals surface area (Å²) < 4.78 is 0. The zero-order valence-electron chi connectivity index (χ0n) is 11.2. The number of carboxylic acids is 1. The molecule has 0 aliphatic carbocycles. The summed E-state index contributed by atoms with van der Waals surface area (Å²) in [6.45, 7) is 1.94. The van der Waals surface area contributed by atoms with E-state index in [1.54, 1.807) is 17.8 Å². The summed E-state index contributed by atoms with van der Waals surface area (Å²) in [7, 11) is 0. The van der Waals surface area contributed by atoms with Crippen molar-refractivity contribution in [3.05, 3.63) is 39.6 Å². The number of imidazole rings is 1. The van der Waals surface area contributed by atoms with Gasteiger partial charge in [-0.2, -0.15) is 0 Å². The molecule has 0 radical (unpaired) electrons. The number of nitrogens with two attached hydrogens (primary N) is 1. The summed E-state index contributed by atoms with van der Waals surface area (Å²) in [5.41, 5.74) is 9.25. The quantitative estimate of drug-likeness (QED) is 0.505. The van der Waals surface area contributed by atoms with Gasteiger partial charge in [0.05, 0.1) is 11.0 Å². The minimum Gasteiger partial charge on any atom is -0.477 e. The Bertz CT molecular complexity index is 823. The number of fused-ring (bicyclic) bond motifs is 1. The van der Waals surface area contributed by atoms with E-state index in [0.29, 0.717) is 16.3 Å². The molecule has 5 nitrogen and oxygen atoms in total. The van der Waals surface area contributed by atoms with Crippen LogP contribution in [-0.2, 0) is 5.75 Å². The van der Waals surface area contributed by atoms with Gasteiger partial charge in [-0.25, -0.2) is 9.78 Å². The number of nitrogen functional groups attached to an aromatic ring is 1. The van der Waals surface area contributed by atoms with Crippen molar-refractivity contribution >= 4 is 45.8 Å². The van der Waals surface area contributed by atoms with E-state index >= 15 is 0 Å². The topological polar surface area (TPSA) is 92.0 Å². The molecule has 0 atom stereocenters. The van der Waals surface area contributed by atoms with Gasteiger partial charge in [-0.05, 0) is 36.8 Å². The van der Waals surface area contributed by atoms with Crippen LogP contribution in [0.2, 0.25) is 0 Å². The Morgan fingerprint density at radius 1 is 1.48 bits per heavy atom. The van der Waals surface area contributed by atoms with Crippen LogP contribution in [0.1, 0.15) is 20.1 Å². The van der Waals surface area contributed by atoms with Crippen molar-refractivity contribution in [2.24, 2.45) is 0 Å². The van der Waals surface area contributed by atoms with Gasteiger partial charge in [0.2, 0.25) is 0 Å². The van der Waals surface area contributed by atoms with Crippen LogP contribution in [0.4, 0.5) is 5.69 Å². The molecule has 0 aliphatic heterocycles. The van der Waals surface area contributed by atoms with Gasteiger partial charge in [0.1, 0.15) is 4.88 Å². The number of thioether (sulfide) groups is 1. The molecule has 7 heteroatoms. The number of aromatic nitrogens is 2. The van der Waals surface area contributed by atoms with Crippen LogP contribution in [0.25, 0.3) is 11.0 Å². The van der Waals surface area contributed by atoms with Crippen molar-refractivity contribution in [2.75, 3.05) is 5.73 Å². The number of aryl methyl sites for hydroxylation is 1. The number of carboxylic acid groups (broad SMARTS) is 1. The summed E-state index contributed by atoms with van der Waals surface area (Å²) in [6.07, 6.45) is 0. The maximum absolute atomic E-state index is 11.0. The van der Waals surface area contributed by atoms with Crippen molar-refractivity contribution in [3.8, 4) is 0 Å². The highest BCUT2D eigenvalue weighted by Gasteiger charge is 2.12. The van der Waals surface area contributed by atoms with Gasteiger partial charge < -0.3 is 15.8 Å². The molecule has 0 aliphatic rings. The van der Waals surface area contributed by atoms with Gasteiger partial charge in [-0.1, -0.05) is 11.8 Å². The van der Waals surface area contributed by atoms with E-state index in [4.69, 9.17) is 10.8 Å². The largest absolute Gasteiger partial charge is 0.477 e. The van der Waals surface area contributed by atoms with E-state index in [1.165, 1.54) is 11.3 Å². The van der Waals surface area contributed by atoms with E-state index < -0.39 is 5.97 Å². The van der Waals surface area contributed by atoms with Crippen molar-refractivity contribution in [1.82, 2.24) is 9.97 Å². The van der Waals surface area contributed by atoms with Crippen LogP contribution < -0.4 is 5.73 Å². The number of nitrogens with one attached hydrogen (secondary N) is 1. The third kappa shape index (κ3) is 2.88. The Hall–Kier alpha value is -1.99. The molecule has 4 N–H and O–H groups in total. The Balaban J connectivity index is 1.78. The molecule has 108 valence electrons. The summed E-state index contributed by atoms with van der Waals surface area (Å²) in [4.78, 5) is 20.1. The summed E-state index contributed by atoms with van der Waals surface area (Å²) >= 11 is 2.86. The lowest BCUT2D eigenvalue weighted by atomic mass is 10.3. The van der Waals surface area contributed by atoms with Crippen LogP contribution in [0.5, 0.6) is 0 Å². The summed E-state index contributed by atoms with van der Waals surface area (Å²) in [5, 5.41) is 9.81. The molecule has 0 fully saturated rings. The van der Waals surface area contributed by atoms with Gasteiger partial charge in [0.15, 0.2) is 5.16 Å². The van der Waals surface area contributed by atoms with Crippen LogP contribution in [0.15, 0.2) is 29.4 Å². The van der Waals surface area contributed by atoms with Crippen LogP contribution in [0.3, 0.4) is 0 Å². The number of benzene rings is 1. The highest BCUT2D eigenvalue weighted by molar-refractivity contribution is 7.98. The molecule has 2 heterocycles. The first-order chi connectivity index (χ1) is 10.0. The number of nitrogens with zero attached hydrogens (tertiary/aromatic N) is 1. The second-order valence-corrected chi connectivity index (χ2v) is 6.82. The normalized spacial score (nSPS) is 11.1. The highest BCUT2D eigenvalue weighted by atomic mass is 32.2. The number of anilines is 1. The van der Waals surface area contributed by atoms with Crippen molar-refractivity contribution in [1.29, 1.82) is 0 Å². The number of thiophene rings is 1. The number of H-pyrrole nitrogens is 1. The second-order valence-electron chi connectivity index (χ2n) is 4.60. The predicted molar refractivity (Wildman–Crippen MR) is 86.1 cm³/mol. The van der Waals surface area contributed by atoms with Gasteiger partial charge >= 0.3 is 5.97 Å². The van der Waals surface area contributed by atoms with Crippen LogP contribution in [0, 0.1) is 6.92 Å². The molecule has 0 saturated heterocycles. The number of aromatic amines is 1. The van der Waals surface area contributed by atoms with Gasteiger partial charge in [0.25, 0.3) is 0 Å². The predicted octanol–water partition coefficient (Wildman–Crippen LogP) is 3.51. The minimum absolute atomic E-state index is 0.375. The summed E-state index contributed by atoms with van der Waals surface area (Å²) in [5.74, 6) is -0.191. The Kier molecular flexibility index (Phi) is 3.60. The lowest BCUT2D eigenvalue weighted by Gasteiger charge is -1.96. The first-order valence-electron chi connectivity index (χ1n) is 6.23. The Morgan fingerprint density at radius 3 is 3.00 bits per heavy atom. The fraction of sp³-hybridized carbons (Fsp3) is 0.143. The molecule has 0 bridgehead atoms. The zero-order chi connectivity index (χ0) is 15.0. The van der Waals surface area contributed by atoms with Crippen molar-refractivity contribution < 1.29 is 9.90 Å². The first kappa shape index (κ1) is 14.0. The SMILES string of the molecule is Cc1sc(C(=O)O)cc1CSc1nc2ccc(N)cc2[nH]1. The van der Waals surface area contributed by atoms with Crippen molar-refractivity contribution in [3.63, 3.8) is 0 Å². The van der Waals surface area contributed by atoms with Crippen molar-refractivity contribution in [2.45, 2.75) is 17.8 Å². The fourth-order valence-corrected chi connectivity index (χ4v) is 3.90. The molecule has 3 aromatic rings. The number of rotatable bonds is 4. The lowest BCUT2D eigenvalue weighted by Crippen LogP contribution is -1.90. The van der Waals surface area contributed by atoms with E-state index in [0.717, 1.165) is 26.6 Å². The number of aromatic carboxylic acids is 1. The average molecular weight is 319 g/mol. The lowest BCUT2D eigenvalue weighted by molar-refractivity contribution is 0.0702. The highest BCUT2D eigenvalue weighted by Crippen LogP contribution is 2.29. The molecule has 2 aromatic heterocycles. The first-order valence-corrected chi connectivity index (χ1v) is 8.04. The molecule has 21 heavy (non-hydrogen) atoms. The molecule has 0 spiro atoms. The molecule has 0 saturated carbocycles. The minimum atomic E-state index is -0.876. The summed E-state index contributed by atoms with van der Waals surface area (Å²) in [6, 6.07) is 7.28. The molecular formula is C14H13N3O2S2. The Morgan fingerprint density at radius 2 is 2.29 bits per heavy atom. The standard InChI is InChI=1S/C14H13N3O2S2/c1-7-8(4-12(21-7)13(18)19)6-20-14-16-10-3-2-9(15)5-11(10)17-14/h2-5H,6,15H2,1H3,(H,16,17)(H,18,19). The molecular weight excluding hydrogens is 306 g/mol. The zero-order valence-corrected chi connectivity index (χ0v) is 12.8. The van der Waals surface area contributed by atoms with E-state index in [9.17, 15) is 4.79 Å². The van der Waals surface area contributed by atoms with Crippen LogP contribution in [-0.4, -0.2) is 21.0 Å².